The number of hydrogen-bond acceptors (Lipinski definition) is 6. The predicted octanol–water partition coefficient (Wildman–Crippen LogP) is 3.36. The van der Waals surface area contributed by atoms with Crippen molar-refractivity contribution < 1.29 is 14.2 Å². The molecule has 0 unspecified atom stereocenters. The molecule has 3 aromatic rings. The molecule has 0 amide bonds. The quantitative estimate of drug-likeness (QED) is 0.793. The van der Waals surface area contributed by atoms with Crippen molar-refractivity contribution in [1.29, 1.82) is 0 Å². The van der Waals surface area contributed by atoms with Gasteiger partial charge in [0.05, 0.1) is 0 Å². The molecular formula is C15H13N3O3. The van der Waals surface area contributed by atoms with Gasteiger partial charge in [0.15, 0.2) is 17.3 Å². The molecule has 2 aromatic heterocycles. The van der Waals surface area contributed by atoms with E-state index in [2.05, 4.69) is 15.3 Å². The van der Waals surface area contributed by atoms with Gasteiger partial charge in [-0.15, -0.1) is 0 Å². The molecule has 0 spiro atoms. The van der Waals surface area contributed by atoms with Crippen LogP contribution in [0, 0.1) is 0 Å². The lowest BCUT2D eigenvalue weighted by atomic mass is 9.85. The summed E-state index contributed by atoms with van der Waals surface area (Å²) in [5.74, 6) is 2.25. The van der Waals surface area contributed by atoms with Gasteiger partial charge in [0.25, 0.3) is 5.89 Å². The Labute approximate surface area is 120 Å². The molecule has 2 heterocycles. The molecule has 0 saturated heterocycles. The standard InChI is InChI=1S/C15H13N3O3/c19-11-6-2-5-10(7-11)13-8-12(17-20-13)15-16-14(18-21-15)9-3-1-4-9/h2,5-9,19H,1,3-4H2. The first-order chi connectivity index (χ1) is 10.3. The Hall–Kier alpha value is -2.63. The van der Waals surface area contributed by atoms with E-state index in [1.807, 2.05) is 6.07 Å². The molecule has 1 aliphatic rings. The van der Waals surface area contributed by atoms with E-state index < -0.39 is 0 Å². The minimum Gasteiger partial charge on any atom is -0.508 e. The van der Waals surface area contributed by atoms with Gasteiger partial charge < -0.3 is 14.2 Å². The number of rotatable bonds is 3. The van der Waals surface area contributed by atoms with E-state index in [0.717, 1.165) is 24.2 Å². The monoisotopic (exact) mass is 283 g/mol. The zero-order chi connectivity index (χ0) is 14.2. The highest BCUT2D eigenvalue weighted by Crippen LogP contribution is 2.35. The normalized spacial score (nSPS) is 15.0. The highest BCUT2D eigenvalue weighted by atomic mass is 16.5. The minimum atomic E-state index is 0.176. The van der Waals surface area contributed by atoms with E-state index >= 15 is 0 Å². The van der Waals surface area contributed by atoms with Crippen molar-refractivity contribution in [3.63, 3.8) is 0 Å². The van der Waals surface area contributed by atoms with Crippen molar-refractivity contribution in [3.8, 4) is 28.7 Å². The van der Waals surface area contributed by atoms with Crippen LogP contribution in [0.1, 0.15) is 31.0 Å². The molecular weight excluding hydrogens is 270 g/mol. The van der Waals surface area contributed by atoms with Crippen molar-refractivity contribution in [1.82, 2.24) is 15.3 Å². The van der Waals surface area contributed by atoms with E-state index in [0.29, 0.717) is 23.3 Å². The molecule has 4 rings (SSSR count). The van der Waals surface area contributed by atoms with Crippen LogP contribution in [-0.2, 0) is 0 Å². The van der Waals surface area contributed by atoms with Gasteiger partial charge in [-0.3, -0.25) is 0 Å². The van der Waals surface area contributed by atoms with Gasteiger partial charge in [0.2, 0.25) is 0 Å². The summed E-state index contributed by atoms with van der Waals surface area (Å²) in [6, 6.07) is 8.51. The van der Waals surface area contributed by atoms with Crippen LogP contribution in [0.25, 0.3) is 22.9 Å². The maximum absolute atomic E-state index is 9.49. The maximum Gasteiger partial charge on any atom is 0.280 e. The first kappa shape index (κ1) is 12.1. The van der Waals surface area contributed by atoms with Gasteiger partial charge in [0, 0.05) is 17.5 Å². The number of benzene rings is 1. The molecule has 0 atom stereocenters. The molecule has 6 heteroatoms. The maximum atomic E-state index is 9.49. The molecule has 1 aliphatic carbocycles. The van der Waals surface area contributed by atoms with E-state index in [-0.39, 0.29) is 5.75 Å². The lowest BCUT2D eigenvalue weighted by Gasteiger charge is -2.20. The molecule has 0 bridgehead atoms. The van der Waals surface area contributed by atoms with Crippen LogP contribution in [0.3, 0.4) is 0 Å². The Balaban J connectivity index is 1.63. The molecule has 0 aliphatic heterocycles. The summed E-state index contributed by atoms with van der Waals surface area (Å²) in [5.41, 5.74) is 1.25. The van der Waals surface area contributed by atoms with Crippen molar-refractivity contribution in [2.45, 2.75) is 25.2 Å². The number of aromatic nitrogens is 3. The van der Waals surface area contributed by atoms with Crippen molar-refractivity contribution in [3.05, 3.63) is 36.2 Å². The van der Waals surface area contributed by atoms with E-state index in [1.165, 1.54) is 6.42 Å². The summed E-state index contributed by atoms with van der Waals surface area (Å²) in [6.45, 7) is 0. The molecule has 1 saturated carbocycles. The largest absolute Gasteiger partial charge is 0.508 e. The van der Waals surface area contributed by atoms with Gasteiger partial charge in [-0.1, -0.05) is 28.9 Å². The Bertz CT molecular complexity index is 774. The highest BCUT2D eigenvalue weighted by molar-refractivity contribution is 5.63. The van der Waals surface area contributed by atoms with E-state index in [4.69, 9.17) is 9.05 Å². The second-order valence-corrected chi connectivity index (χ2v) is 5.21. The minimum absolute atomic E-state index is 0.176. The first-order valence-electron chi connectivity index (χ1n) is 6.90. The number of aromatic hydroxyl groups is 1. The summed E-state index contributed by atoms with van der Waals surface area (Å²) in [6.07, 6.45) is 3.46. The fraction of sp³-hybridized carbons (Fsp3) is 0.267. The SMILES string of the molecule is Oc1cccc(-c2cc(-c3nc(C4CCC4)no3)no2)c1. The molecule has 21 heavy (non-hydrogen) atoms. The van der Waals surface area contributed by atoms with Crippen LogP contribution in [0.2, 0.25) is 0 Å². The average molecular weight is 283 g/mol. The van der Waals surface area contributed by atoms with E-state index in [1.54, 1.807) is 24.3 Å². The molecule has 1 N–H and O–H groups in total. The molecule has 0 radical (unpaired) electrons. The highest BCUT2D eigenvalue weighted by Gasteiger charge is 2.25. The van der Waals surface area contributed by atoms with Crippen LogP contribution in [0.5, 0.6) is 5.75 Å². The second kappa shape index (κ2) is 4.73. The van der Waals surface area contributed by atoms with Crippen molar-refractivity contribution in [2.75, 3.05) is 0 Å². The van der Waals surface area contributed by atoms with Crippen LogP contribution in [0.15, 0.2) is 39.4 Å². The first-order valence-corrected chi connectivity index (χ1v) is 6.90. The lowest BCUT2D eigenvalue weighted by Crippen LogP contribution is -2.10. The smallest absolute Gasteiger partial charge is 0.280 e. The molecule has 106 valence electrons. The lowest BCUT2D eigenvalue weighted by molar-refractivity contribution is 0.364. The van der Waals surface area contributed by atoms with Crippen LogP contribution >= 0.6 is 0 Å². The summed E-state index contributed by atoms with van der Waals surface area (Å²) in [5, 5.41) is 17.5. The number of phenols is 1. The van der Waals surface area contributed by atoms with Crippen LogP contribution < -0.4 is 0 Å². The topological polar surface area (TPSA) is 85.2 Å². The van der Waals surface area contributed by atoms with Crippen LogP contribution in [-0.4, -0.2) is 20.4 Å². The second-order valence-electron chi connectivity index (χ2n) is 5.21. The summed E-state index contributed by atoms with van der Waals surface area (Å²) in [4.78, 5) is 4.38. The fourth-order valence-corrected chi connectivity index (χ4v) is 2.34. The Kier molecular flexibility index (Phi) is 2.73. The summed E-state index contributed by atoms with van der Waals surface area (Å²) >= 11 is 0. The third-order valence-corrected chi connectivity index (χ3v) is 3.77. The predicted molar refractivity (Wildman–Crippen MR) is 73.5 cm³/mol. The Morgan fingerprint density at radius 2 is 2.00 bits per heavy atom. The third-order valence-electron chi connectivity index (χ3n) is 3.77. The molecule has 1 aromatic carbocycles. The molecule has 1 fully saturated rings. The summed E-state index contributed by atoms with van der Waals surface area (Å²) in [7, 11) is 0. The van der Waals surface area contributed by atoms with Crippen molar-refractivity contribution in [2.24, 2.45) is 0 Å². The molecule has 6 nitrogen and oxygen atoms in total. The number of hydrogen-bond donors (Lipinski definition) is 1. The van der Waals surface area contributed by atoms with Gasteiger partial charge in [-0.2, -0.15) is 4.98 Å². The summed E-state index contributed by atoms with van der Waals surface area (Å²) < 4.78 is 10.5. The Morgan fingerprint density at radius 1 is 1.10 bits per heavy atom. The Morgan fingerprint density at radius 3 is 2.76 bits per heavy atom. The average Bonchev–Trinajstić information content (AvgIpc) is 3.05. The number of phenolic OH excluding ortho intramolecular Hbond substituents is 1. The van der Waals surface area contributed by atoms with Crippen molar-refractivity contribution >= 4 is 0 Å². The zero-order valence-corrected chi connectivity index (χ0v) is 11.2. The van der Waals surface area contributed by atoms with E-state index in [9.17, 15) is 5.11 Å². The van der Waals surface area contributed by atoms with Gasteiger partial charge in [0.1, 0.15) is 5.75 Å². The zero-order valence-electron chi connectivity index (χ0n) is 11.2. The van der Waals surface area contributed by atoms with Gasteiger partial charge in [-0.25, -0.2) is 0 Å². The third kappa shape index (κ3) is 2.18. The van der Waals surface area contributed by atoms with Gasteiger partial charge >= 0.3 is 0 Å². The number of nitrogens with zero attached hydrogens (tertiary/aromatic N) is 3. The van der Waals surface area contributed by atoms with Crippen LogP contribution in [0.4, 0.5) is 0 Å². The fourth-order valence-electron chi connectivity index (χ4n) is 2.34. The van der Waals surface area contributed by atoms with Gasteiger partial charge in [-0.05, 0) is 25.0 Å².